The minimum absolute atomic E-state index is 0.126. The van der Waals surface area contributed by atoms with Crippen LogP contribution in [0.15, 0.2) is 36.9 Å². The van der Waals surface area contributed by atoms with Gasteiger partial charge in [0.2, 0.25) is 0 Å². The van der Waals surface area contributed by atoms with Gasteiger partial charge in [-0.15, -0.1) is 0 Å². The fraction of sp³-hybridized carbons (Fsp3) is 0.375. The van der Waals surface area contributed by atoms with Gasteiger partial charge in [-0.3, -0.25) is 4.79 Å². The molecule has 1 heterocycles. The highest BCUT2D eigenvalue weighted by Crippen LogP contribution is 2.24. The van der Waals surface area contributed by atoms with Crippen LogP contribution in [-0.2, 0) is 17.7 Å². The number of aryl methyl sites for hydroxylation is 2. The highest BCUT2D eigenvalue weighted by molar-refractivity contribution is 6.01. The zero-order chi connectivity index (χ0) is 13.9. The van der Waals surface area contributed by atoms with E-state index in [4.69, 9.17) is 4.74 Å². The number of fused-ring (bicyclic) bond motifs is 1. The largest absolute Gasteiger partial charge is 0.368 e. The third-order valence-electron chi connectivity index (χ3n) is 3.73. The number of carbonyl (C=O) groups is 1. The Hall–Kier alpha value is -1.94. The van der Waals surface area contributed by atoms with E-state index < -0.39 is 0 Å². The van der Waals surface area contributed by atoms with Crippen LogP contribution < -0.4 is 0 Å². The van der Waals surface area contributed by atoms with Gasteiger partial charge in [-0.05, 0) is 31.4 Å². The molecule has 0 amide bonds. The first kappa shape index (κ1) is 13.1. The molecule has 0 aliphatic heterocycles. The Morgan fingerprint density at radius 1 is 1.45 bits per heavy atom. The molecule has 1 aromatic heterocycles. The summed E-state index contributed by atoms with van der Waals surface area (Å²) in [5.74, 6) is 0.126. The zero-order valence-electron chi connectivity index (χ0n) is 11.6. The molecular weight excluding hydrogens is 252 g/mol. The van der Waals surface area contributed by atoms with Gasteiger partial charge < -0.3 is 9.30 Å². The summed E-state index contributed by atoms with van der Waals surface area (Å²) < 4.78 is 7.72. The number of nitrogens with zero attached hydrogens (tertiary/aromatic N) is 2. The second-order valence-corrected chi connectivity index (χ2v) is 5.22. The average molecular weight is 270 g/mol. The number of rotatable bonds is 4. The predicted molar refractivity (Wildman–Crippen MR) is 75.8 cm³/mol. The van der Waals surface area contributed by atoms with Crippen molar-refractivity contribution in [1.29, 1.82) is 0 Å². The summed E-state index contributed by atoms with van der Waals surface area (Å²) in [7, 11) is 0. The van der Waals surface area contributed by atoms with Gasteiger partial charge in [0, 0.05) is 24.5 Å². The van der Waals surface area contributed by atoms with Crippen LogP contribution in [0.1, 0.15) is 27.9 Å². The number of ketones is 1. The molecule has 20 heavy (non-hydrogen) atoms. The highest BCUT2D eigenvalue weighted by Gasteiger charge is 2.27. The summed E-state index contributed by atoms with van der Waals surface area (Å²) in [5, 5.41) is 0. The van der Waals surface area contributed by atoms with Crippen LogP contribution in [0.25, 0.3) is 0 Å². The van der Waals surface area contributed by atoms with Gasteiger partial charge in [-0.1, -0.05) is 17.7 Å². The monoisotopic (exact) mass is 270 g/mol. The number of Topliss-reactive ketones (excluding diaryl/α,β-unsaturated/α-hetero) is 1. The van der Waals surface area contributed by atoms with E-state index >= 15 is 0 Å². The van der Waals surface area contributed by atoms with E-state index in [1.807, 2.05) is 23.8 Å². The second kappa shape index (κ2) is 5.59. The van der Waals surface area contributed by atoms with Crippen molar-refractivity contribution < 1.29 is 9.53 Å². The molecule has 2 aromatic rings. The summed E-state index contributed by atoms with van der Waals surface area (Å²) in [5.41, 5.74) is 3.11. The Morgan fingerprint density at radius 3 is 3.15 bits per heavy atom. The number of imidazole rings is 1. The molecule has 0 bridgehead atoms. The lowest BCUT2D eigenvalue weighted by Gasteiger charge is -2.24. The maximum Gasteiger partial charge on any atom is 0.191 e. The predicted octanol–water partition coefficient (Wildman–Crippen LogP) is 2.41. The van der Waals surface area contributed by atoms with Gasteiger partial charge in [0.25, 0.3) is 0 Å². The Balaban J connectivity index is 1.63. The molecule has 0 N–H and O–H groups in total. The third-order valence-corrected chi connectivity index (χ3v) is 3.73. The lowest BCUT2D eigenvalue weighted by atomic mass is 9.87. The summed E-state index contributed by atoms with van der Waals surface area (Å²) >= 11 is 0. The van der Waals surface area contributed by atoms with Gasteiger partial charge in [-0.25, -0.2) is 4.98 Å². The zero-order valence-corrected chi connectivity index (χ0v) is 11.6. The molecule has 1 atom stereocenters. The minimum atomic E-state index is -0.298. The van der Waals surface area contributed by atoms with Crippen molar-refractivity contribution in [2.45, 2.75) is 32.4 Å². The Kier molecular flexibility index (Phi) is 3.65. The van der Waals surface area contributed by atoms with E-state index in [1.165, 1.54) is 0 Å². The van der Waals surface area contributed by atoms with E-state index in [0.717, 1.165) is 36.1 Å². The van der Waals surface area contributed by atoms with Crippen molar-refractivity contribution in [3.8, 4) is 0 Å². The number of ether oxygens (including phenoxy) is 1. The van der Waals surface area contributed by atoms with Crippen molar-refractivity contribution >= 4 is 5.78 Å². The second-order valence-electron chi connectivity index (χ2n) is 5.22. The Labute approximate surface area is 118 Å². The Morgan fingerprint density at radius 2 is 2.35 bits per heavy atom. The minimum Gasteiger partial charge on any atom is -0.368 e. The number of carbonyl (C=O) groups excluding carboxylic acids is 1. The van der Waals surface area contributed by atoms with Gasteiger partial charge in [-0.2, -0.15) is 0 Å². The van der Waals surface area contributed by atoms with Crippen LogP contribution >= 0.6 is 0 Å². The molecule has 0 saturated carbocycles. The van der Waals surface area contributed by atoms with Gasteiger partial charge in [0.1, 0.15) is 6.10 Å². The molecule has 0 radical (unpaired) electrons. The van der Waals surface area contributed by atoms with Crippen molar-refractivity contribution in [3.63, 3.8) is 0 Å². The summed E-state index contributed by atoms with van der Waals surface area (Å²) in [6.07, 6.45) is 6.78. The molecule has 1 unspecified atom stereocenters. The smallest absolute Gasteiger partial charge is 0.191 e. The standard InChI is InChI=1S/C16H18N2O2/c1-12-2-3-13-4-5-15(16(19)14(13)10-12)20-9-8-18-7-6-17-11-18/h2-3,6-7,10-11,15H,4-5,8-9H2,1H3. The van der Waals surface area contributed by atoms with E-state index in [2.05, 4.69) is 17.1 Å². The summed E-state index contributed by atoms with van der Waals surface area (Å²) in [6.45, 7) is 3.27. The molecule has 104 valence electrons. The molecular formula is C16H18N2O2. The van der Waals surface area contributed by atoms with Gasteiger partial charge in [0.15, 0.2) is 5.78 Å². The maximum atomic E-state index is 12.4. The van der Waals surface area contributed by atoms with Crippen molar-refractivity contribution in [2.75, 3.05) is 6.61 Å². The Bertz CT molecular complexity index is 605. The first-order valence-corrected chi connectivity index (χ1v) is 6.95. The van der Waals surface area contributed by atoms with Crippen LogP contribution in [0.4, 0.5) is 0 Å². The fourth-order valence-corrected chi connectivity index (χ4v) is 2.61. The molecule has 0 fully saturated rings. The fourth-order valence-electron chi connectivity index (χ4n) is 2.61. The van der Waals surface area contributed by atoms with Crippen LogP contribution in [-0.4, -0.2) is 28.0 Å². The van der Waals surface area contributed by atoms with Crippen molar-refractivity contribution in [3.05, 3.63) is 53.6 Å². The summed E-state index contributed by atoms with van der Waals surface area (Å²) in [6, 6.07) is 6.10. The summed E-state index contributed by atoms with van der Waals surface area (Å²) in [4.78, 5) is 16.4. The average Bonchev–Trinajstić information content (AvgIpc) is 2.95. The molecule has 1 aliphatic carbocycles. The number of benzene rings is 1. The first-order chi connectivity index (χ1) is 9.74. The molecule has 0 spiro atoms. The van der Waals surface area contributed by atoms with Gasteiger partial charge in [0.05, 0.1) is 12.9 Å². The van der Waals surface area contributed by atoms with E-state index in [1.54, 1.807) is 12.5 Å². The number of hydrogen-bond acceptors (Lipinski definition) is 3. The van der Waals surface area contributed by atoms with Crippen molar-refractivity contribution in [2.24, 2.45) is 0 Å². The molecule has 4 heteroatoms. The van der Waals surface area contributed by atoms with Crippen LogP contribution in [0.3, 0.4) is 0 Å². The first-order valence-electron chi connectivity index (χ1n) is 6.95. The SMILES string of the molecule is Cc1ccc2c(c1)C(=O)C(OCCn1ccnc1)CC2. The molecule has 0 saturated heterocycles. The molecule has 3 rings (SSSR count). The topological polar surface area (TPSA) is 44.1 Å². The van der Waals surface area contributed by atoms with E-state index in [0.29, 0.717) is 6.61 Å². The third kappa shape index (κ3) is 2.65. The normalized spacial score (nSPS) is 18.1. The molecule has 4 nitrogen and oxygen atoms in total. The van der Waals surface area contributed by atoms with Crippen LogP contribution in [0, 0.1) is 6.92 Å². The van der Waals surface area contributed by atoms with E-state index in [-0.39, 0.29) is 11.9 Å². The molecule has 1 aromatic carbocycles. The van der Waals surface area contributed by atoms with Gasteiger partial charge >= 0.3 is 0 Å². The van der Waals surface area contributed by atoms with Crippen molar-refractivity contribution in [1.82, 2.24) is 9.55 Å². The lowest BCUT2D eigenvalue weighted by Crippen LogP contribution is -2.31. The number of aromatic nitrogens is 2. The number of hydrogen-bond donors (Lipinski definition) is 0. The van der Waals surface area contributed by atoms with Crippen LogP contribution in [0.5, 0.6) is 0 Å². The molecule has 1 aliphatic rings. The quantitative estimate of drug-likeness (QED) is 0.857. The van der Waals surface area contributed by atoms with E-state index in [9.17, 15) is 4.79 Å². The lowest BCUT2D eigenvalue weighted by molar-refractivity contribution is 0.0329. The maximum absolute atomic E-state index is 12.4. The van der Waals surface area contributed by atoms with Crippen LogP contribution in [0.2, 0.25) is 0 Å². The highest BCUT2D eigenvalue weighted by atomic mass is 16.5.